The zero-order chi connectivity index (χ0) is 15.3. The third-order valence-corrected chi connectivity index (χ3v) is 4.93. The molecular formula is C16H23Cl2NO2. The lowest BCUT2D eigenvalue weighted by atomic mass is 9.82. The van der Waals surface area contributed by atoms with E-state index in [9.17, 15) is 0 Å². The van der Waals surface area contributed by atoms with Crippen molar-refractivity contribution in [3.8, 4) is 0 Å². The van der Waals surface area contributed by atoms with Gasteiger partial charge in [0.05, 0.1) is 5.60 Å². The Labute approximate surface area is 136 Å². The van der Waals surface area contributed by atoms with Gasteiger partial charge in [-0.05, 0) is 38.1 Å². The van der Waals surface area contributed by atoms with Gasteiger partial charge in [-0.25, -0.2) is 0 Å². The van der Waals surface area contributed by atoms with E-state index in [1.54, 1.807) is 0 Å². The number of ether oxygens (including phenoxy) is 2. The zero-order valence-electron chi connectivity index (χ0n) is 12.6. The maximum absolute atomic E-state index is 6.31. The fourth-order valence-corrected chi connectivity index (χ4v) is 3.63. The largest absolute Gasteiger partial charge is 0.381 e. The van der Waals surface area contributed by atoms with Crippen LogP contribution >= 0.6 is 23.2 Å². The number of halogens is 2. The van der Waals surface area contributed by atoms with E-state index in [1.165, 1.54) is 0 Å². The molecule has 0 saturated carbocycles. The number of nitrogens with one attached hydrogen (secondary N) is 1. The summed E-state index contributed by atoms with van der Waals surface area (Å²) < 4.78 is 11.7. The topological polar surface area (TPSA) is 30.5 Å². The van der Waals surface area contributed by atoms with E-state index in [1.807, 2.05) is 32.2 Å². The second-order valence-corrected chi connectivity index (χ2v) is 6.17. The summed E-state index contributed by atoms with van der Waals surface area (Å²) in [5, 5.41) is 4.82. The molecule has 3 nitrogen and oxygen atoms in total. The molecule has 1 saturated heterocycles. The molecule has 2 rings (SSSR count). The highest BCUT2D eigenvalue weighted by Gasteiger charge is 2.40. The van der Waals surface area contributed by atoms with Crippen molar-refractivity contribution in [2.45, 2.75) is 37.8 Å². The lowest BCUT2D eigenvalue weighted by Gasteiger charge is -2.43. The van der Waals surface area contributed by atoms with E-state index in [4.69, 9.17) is 32.7 Å². The van der Waals surface area contributed by atoms with Crippen LogP contribution in [-0.2, 0) is 15.9 Å². The molecule has 1 aromatic carbocycles. The van der Waals surface area contributed by atoms with Crippen molar-refractivity contribution >= 4 is 23.2 Å². The summed E-state index contributed by atoms with van der Waals surface area (Å²) in [6.07, 6.45) is 2.51. The summed E-state index contributed by atoms with van der Waals surface area (Å²) >= 11 is 12.6. The maximum atomic E-state index is 6.31. The predicted octanol–water partition coefficient (Wildman–Crippen LogP) is 3.71. The Kier molecular flexibility index (Phi) is 6.33. The smallest absolute Gasteiger partial charge is 0.0881 e. The first-order valence-corrected chi connectivity index (χ1v) is 8.20. The van der Waals surface area contributed by atoms with E-state index >= 15 is 0 Å². The molecule has 0 aliphatic carbocycles. The summed E-state index contributed by atoms with van der Waals surface area (Å²) in [5.74, 6) is 0. The Morgan fingerprint density at radius 2 is 1.90 bits per heavy atom. The molecule has 1 aromatic rings. The summed E-state index contributed by atoms with van der Waals surface area (Å²) in [4.78, 5) is 0. The van der Waals surface area contributed by atoms with Gasteiger partial charge in [0.2, 0.25) is 0 Å². The van der Waals surface area contributed by atoms with Crippen LogP contribution in [0.3, 0.4) is 0 Å². The summed E-state index contributed by atoms with van der Waals surface area (Å²) in [7, 11) is 1.96. The van der Waals surface area contributed by atoms with E-state index in [0.29, 0.717) is 16.7 Å². The summed E-state index contributed by atoms with van der Waals surface area (Å²) in [6.45, 7) is 4.18. The van der Waals surface area contributed by atoms with Crippen LogP contribution in [-0.4, -0.2) is 38.5 Å². The Balaban J connectivity index is 2.24. The van der Waals surface area contributed by atoms with Crippen molar-refractivity contribution in [2.75, 3.05) is 26.9 Å². The molecule has 0 radical (unpaired) electrons. The molecule has 1 aliphatic heterocycles. The first-order valence-electron chi connectivity index (χ1n) is 7.45. The van der Waals surface area contributed by atoms with Crippen LogP contribution in [0, 0.1) is 0 Å². The number of benzene rings is 1. The van der Waals surface area contributed by atoms with E-state index < -0.39 is 0 Å². The van der Waals surface area contributed by atoms with Crippen LogP contribution < -0.4 is 5.32 Å². The summed E-state index contributed by atoms with van der Waals surface area (Å²) in [5.41, 5.74) is 0.760. The lowest BCUT2D eigenvalue weighted by molar-refractivity contribution is -0.125. The minimum absolute atomic E-state index is 0.152. The second kappa shape index (κ2) is 7.80. The van der Waals surface area contributed by atoms with Crippen LogP contribution in [0.1, 0.15) is 25.3 Å². The quantitative estimate of drug-likeness (QED) is 0.861. The van der Waals surface area contributed by atoms with Gasteiger partial charge >= 0.3 is 0 Å². The molecule has 118 valence electrons. The Bertz CT molecular complexity index is 436. The van der Waals surface area contributed by atoms with Gasteiger partial charge in [0, 0.05) is 48.7 Å². The van der Waals surface area contributed by atoms with Gasteiger partial charge in [0.25, 0.3) is 0 Å². The molecule has 0 bridgehead atoms. The number of hydrogen-bond donors (Lipinski definition) is 1. The molecular weight excluding hydrogens is 309 g/mol. The highest BCUT2D eigenvalue weighted by molar-refractivity contribution is 6.36. The third-order valence-electron chi connectivity index (χ3n) is 4.22. The number of rotatable bonds is 6. The standard InChI is InChI=1S/C16H23Cl2NO2/c1-3-21-16(7-9-20-10-8-16)15(19-2)11-12-13(17)5-4-6-14(12)18/h4-6,15,19H,3,7-11H2,1-2H3. The molecule has 21 heavy (non-hydrogen) atoms. The van der Waals surface area contributed by atoms with Crippen molar-refractivity contribution in [2.24, 2.45) is 0 Å². The maximum Gasteiger partial charge on any atom is 0.0881 e. The molecule has 0 amide bonds. The van der Waals surface area contributed by atoms with Crippen LogP contribution in [0.4, 0.5) is 0 Å². The zero-order valence-corrected chi connectivity index (χ0v) is 14.1. The van der Waals surface area contributed by atoms with Crippen molar-refractivity contribution < 1.29 is 9.47 Å². The highest BCUT2D eigenvalue weighted by atomic mass is 35.5. The first kappa shape index (κ1) is 17.0. The van der Waals surface area contributed by atoms with Gasteiger partial charge in [0.15, 0.2) is 0 Å². The van der Waals surface area contributed by atoms with Crippen LogP contribution in [0.15, 0.2) is 18.2 Å². The summed E-state index contributed by atoms with van der Waals surface area (Å²) in [6, 6.07) is 5.79. The minimum Gasteiger partial charge on any atom is -0.381 e. The van der Waals surface area contributed by atoms with Gasteiger partial charge in [-0.1, -0.05) is 29.3 Å². The predicted molar refractivity (Wildman–Crippen MR) is 87.4 cm³/mol. The number of likely N-dealkylation sites (N-methyl/N-ethyl adjacent to an activating group) is 1. The van der Waals surface area contributed by atoms with Gasteiger partial charge in [-0.2, -0.15) is 0 Å². The Hall–Kier alpha value is -0.320. The molecule has 5 heteroatoms. The molecule has 1 heterocycles. The molecule has 1 unspecified atom stereocenters. The van der Waals surface area contributed by atoms with E-state index in [-0.39, 0.29) is 11.6 Å². The highest BCUT2D eigenvalue weighted by Crippen LogP contribution is 2.33. The van der Waals surface area contributed by atoms with E-state index in [2.05, 4.69) is 5.32 Å². The van der Waals surface area contributed by atoms with Crippen LogP contribution in [0.25, 0.3) is 0 Å². The van der Waals surface area contributed by atoms with Crippen LogP contribution in [0.2, 0.25) is 10.0 Å². The SMILES string of the molecule is CCOC1(C(Cc2c(Cl)cccc2Cl)NC)CCOCC1. The fraction of sp³-hybridized carbons (Fsp3) is 0.625. The first-order chi connectivity index (χ1) is 10.1. The molecule has 1 aliphatic rings. The molecule has 1 fully saturated rings. The van der Waals surface area contributed by atoms with Gasteiger partial charge in [-0.15, -0.1) is 0 Å². The molecule has 0 spiro atoms. The molecule has 1 atom stereocenters. The van der Waals surface area contributed by atoms with Gasteiger partial charge < -0.3 is 14.8 Å². The average molecular weight is 332 g/mol. The normalized spacial score (nSPS) is 19.4. The van der Waals surface area contributed by atoms with Gasteiger partial charge in [0.1, 0.15) is 0 Å². The van der Waals surface area contributed by atoms with Crippen molar-refractivity contribution in [1.29, 1.82) is 0 Å². The third kappa shape index (κ3) is 3.91. The molecule has 0 aromatic heterocycles. The van der Waals surface area contributed by atoms with Crippen molar-refractivity contribution in [1.82, 2.24) is 5.32 Å². The number of hydrogen-bond acceptors (Lipinski definition) is 3. The van der Waals surface area contributed by atoms with Crippen molar-refractivity contribution in [3.05, 3.63) is 33.8 Å². The lowest BCUT2D eigenvalue weighted by Crippen LogP contribution is -2.55. The Morgan fingerprint density at radius 1 is 1.29 bits per heavy atom. The second-order valence-electron chi connectivity index (χ2n) is 5.36. The Morgan fingerprint density at radius 3 is 2.43 bits per heavy atom. The fourth-order valence-electron chi connectivity index (χ4n) is 3.08. The molecule has 1 N–H and O–H groups in total. The van der Waals surface area contributed by atoms with E-state index in [0.717, 1.165) is 38.0 Å². The minimum atomic E-state index is -0.218. The van der Waals surface area contributed by atoms with Crippen LogP contribution in [0.5, 0.6) is 0 Å². The monoisotopic (exact) mass is 331 g/mol. The van der Waals surface area contributed by atoms with Crippen molar-refractivity contribution in [3.63, 3.8) is 0 Å². The van der Waals surface area contributed by atoms with Gasteiger partial charge in [-0.3, -0.25) is 0 Å². The average Bonchev–Trinajstić information content (AvgIpc) is 2.48.